The number of para-hydroxylation sites is 2. The van der Waals surface area contributed by atoms with E-state index in [0.29, 0.717) is 22.0 Å². The van der Waals surface area contributed by atoms with E-state index >= 15 is 0 Å². The first-order valence-corrected chi connectivity index (χ1v) is 7.97. The van der Waals surface area contributed by atoms with Crippen molar-refractivity contribution in [3.8, 4) is 18.1 Å². The second kappa shape index (κ2) is 9.36. The topological polar surface area (TPSA) is 67.4 Å². The van der Waals surface area contributed by atoms with Crippen LogP contribution < -0.4 is 15.4 Å². The summed E-state index contributed by atoms with van der Waals surface area (Å²) in [6.45, 7) is 0.286. The molecule has 0 bridgehead atoms. The predicted molar refractivity (Wildman–Crippen MR) is 97.8 cm³/mol. The molecule has 2 aromatic rings. The van der Waals surface area contributed by atoms with Gasteiger partial charge in [0.25, 0.3) is 5.91 Å². The lowest BCUT2D eigenvalue weighted by Crippen LogP contribution is -2.25. The van der Waals surface area contributed by atoms with Gasteiger partial charge in [0, 0.05) is 0 Å². The van der Waals surface area contributed by atoms with Gasteiger partial charge in [0.2, 0.25) is 5.91 Å². The standard InChI is InChI=1S/C19H17ClN2O3/c1-2-12-21-19(24)14-7-3-5-9-16(14)22-18(23)11-13-25-17-10-6-4-8-15(17)20/h1,3-10H,11-13H2,(H,21,24)(H,22,23). The monoisotopic (exact) mass is 356 g/mol. The van der Waals surface area contributed by atoms with Crippen LogP contribution in [0, 0.1) is 12.3 Å². The molecular formula is C19H17ClN2O3. The summed E-state index contributed by atoms with van der Waals surface area (Å²) in [7, 11) is 0. The molecule has 0 radical (unpaired) electrons. The van der Waals surface area contributed by atoms with E-state index in [9.17, 15) is 9.59 Å². The van der Waals surface area contributed by atoms with Crippen LogP contribution >= 0.6 is 11.6 Å². The van der Waals surface area contributed by atoms with Gasteiger partial charge in [0.15, 0.2) is 0 Å². The van der Waals surface area contributed by atoms with Gasteiger partial charge in [-0.25, -0.2) is 0 Å². The Morgan fingerprint density at radius 2 is 1.84 bits per heavy atom. The molecule has 2 amide bonds. The van der Waals surface area contributed by atoms with Gasteiger partial charge >= 0.3 is 0 Å². The molecule has 0 saturated carbocycles. The van der Waals surface area contributed by atoms with E-state index in [0.717, 1.165) is 0 Å². The van der Waals surface area contributed by atoms with Gasteiger partial charge in [-0.3, -0.25) is 9.59 Å². The number of carbonyl (C=O) groups is 2. The highest BCUT2D eigenvalue weighted by Crippen LogP contribution is 2.23. The highest BCUT2D eigenvalue weighted by molar-refractivity contribution is 6.32. The molecule has 0 aliphatic rings. The van der Waals surface area contributed by atoms with Crippen molar-refractivity contribution in [2.45, 2.75) is 6.42 Å². The Morgan fingerprint density at radius 1 is 1.12 bits per heavy atom. The third kappa shape index (κ3) is 5.55. The van der Waals surface area contributed by atoms with Crippen molar-refractivity contribution in [2.75, 3.05) is 18.5 Å². The Labute approximate surface area is 151 Å². The van der Waals surface area contributed by atoms with Crippen molar-refractivity contribution in [1.82, 2.24) is 5.32 Å². The normalized spacial score (nSPS) is 9.76. The first-order chi connectivity index (χ1) is 12.1. The van der Waals surface area contributed by atoms with Crippen molar-refractivity contribution < 1.29 is 14.3 Å². The average Bonchev–Trinajstić information content (AvgIpc) is 2.62. The van der Waals surface area contributed by atoms with Gasteiger partial charge in [-0.2, -0.15) is 0 Å². The number of amides is 2. The summed E-state index contributed by atoms with van der Waals surface area (Å²) in [6.07, 6.45) is 5.25. The summed E-state index contributed by atoms with van der Waals surface area (Å²) in [5.41, 5.74) is 0.762. The molecule has 2 rings (SSSR count). The highest BCUT2D eigenvalue weighted by atomic mass is 35.5. The van der Waals surface area contributed by atoms with E-state index < -0.39 is 0 Å². The van der Waals surface area contributed by atoms with Crippen LogP contribution in [-0.4, -0.2) is 25.0 Å². The minimum atomic E-state index is -0.346. The van der Waals surface area contributed by atoms with Gasteiger partial charge in [-0.1, -0.05) is 41.8 Å². The maximum atomic E-state index is 12.1. The third-order valence-corrected chi connectivity index (χ3v) is 3.53. The van der Waals surface area contributed by atoms with Gasteiger partial charge in [-0.15, -0.1) is 6.42 Å². The van der Waals surface area contributed by atoms with Crippen LogP contribution in [0.3, 0.4) is 0 Å². The van der Waals surface area contributed by atoms with Crippen LogP contribution in [0.25, 0.3) is 0 Å². The maximum Gasteiger partial charge on any atom is 0.254 e. The quantitative estimate of drug-likeness (QED) is 0.749. The number of nitrogens with one attached hydrogen (secondary N) is 2. The minimum absolute atomic E-state index is 0.117. The fourth-order valence-electron chi connectivity index (χ4n) is 2.04. The molecule has 0 atom stereocenters. The van der Waals surface area contributed by atoms with Crippen LogP contribution in [0.15, 0.2) is 48.5 Å². The fraction of sp³-hybridized carbons (Fsp3) is 0.158. The molecule has 0 aliphatic heterocycles. The number of hydrogen-bond acceptors (Lipinski definition) is 3. The van der Waals surface area contributed by atoms with Crippen molar-refractivity contribution in [2.24, 2.45) is 0 Å². The lowest BCUT2D eigenvalue weighted by Gasteiger charge is -2.11. The summed E-state index contributed by atoms with van der Waals surface area (Å²) in [4.78, 5) is 24.1. The Kier molecular flexibility index (Phi) is 6.87. The minimum Gasteiger partial charge on any atom is -0.491 e. The van der Waals surface area contributed by atoms with Crippen molar-refractivity contribution in [3.05, 3.63) is 59.1 Å². The number of anilines is 1. The largest absolute Gasteiger partial charge is 0.491 e. The molecule has 0 heterocycles. The number of ether oxygens (including phenoxy) is 1. The summed E-state index contributed by atoms with van der Waals surface area (Å²) in [6, 6.07) is 13.7. The van der Waals surface area contributed by atoms with Crippen LogP contribution in [0.2, 0.25) is 5.02 Å². The maximum absolute atomic E-state index is 12.1. The van der Waals surface area contributed by atoms with Gasteiger partial charge in [0.05, 0.1) is 35.8 Å². The lowest BCUT2D eigenvalue weighted by atomic mass is 10.1. The van der Waals surface area contributed by atoms with E-state index in [4.69, 9.17) is 22.8 Å². The highest BCUT2D eigenvalue weighted by Gasteiger charge is 2.12. The number of rotatable bonds is 7. The second-order valence-corrected chi connectivity index (χ2v) is 5.42. The number of benzene rings is 2. The molecule has 128 valence electrons. The molecule has 0 aromatic heterocycles. The fourth-order valence-corrected chi connectivity index (χ4v) is 2.24. The number of hydrogen-bond donors (Lipinski definition) is 2. The summed E-state index contributed by atoms with van der Waals surface area (Å²) in [5.74, 6) is 2.23. The molecule has 5 nitrogen and oxygen atoms in total. The Morgan fingerprint density at radius 3 is 2.60 bits per heavy atom. The number of carbonyl (C=O) groups excluding carboxylic acids is 2. The van der Waals surface area contributed by atoms with Gasteiger partial charge in [-0.05, 0) is 24.3 Å². The molecule has 0 spiro atoms. The zero-order valence-corrected chi connectivity index (χ0v) is 14.2. The summed E-state index contributed by atoms with van der Waals surface area (Å²) >= 11 is 5.98. The van der Waals surface area contributed by atoms with Crippen LogP contribution in [-0.2, 0) is 4.79 Å². The van der Waals surface area contributed by atoms with E-state index in [1.807, 2.05) is 0 Å². The lowest BCUT2D eigenvalue weighted by molar-refractivity contribution is -0.116. The van der Waals surface area contributed by atoms with Crippen LogP contribution in [0.5, 0.6) is 5.75 Å². The van der Waals surface area contributed by atoms with Crippen molar-refractivity contribution >= 4 is 29.1 Å². The molecule has 25 heavy (non-hydrogen) atoms. The van der Waals surface area contributed by atoms with E-state index in [1.165, 1.54) is 0 Å². The zero-order valence-electron chi connectivity index (χ0n) is 13.4. The predicted octanol–water partition coefficient (Wildman–Crippen LogP) is 3.11. The molecule has 2 aromatic carbocycles. The molecule has 0 saturated heterocycles. The van der Waals surface area contributed by atoms with Crippen LogP contribution in [0.1, 0.15) is 16.8 Å². The number of terminal acetylenes is 1. The van der Waals surface area contributed by atoms with E-state index in [-0.39, 0.29) is 31.4 Å². The first kappa shape index (κ1) is 18.4. The number of halogens is 1. The molecule has 0 unspecified atom stereocenters. The molecule has 2 N–H and O–H groups in total. The second-order valence-electron chi connectivity index (χ2n) is 5.01. The Hall–Kier alpha value is -2.97. The van der Waals surface area contributed by atoms with Crippen molar-refractivity contribution in [1.29, 1.82) is 0 Å². The molecule has 0 aliphatic carbocycles. The van der Waals surface area contributed by atoms with E-state index in [2.05, 4.69) is 16.6 Å². The summed E-state index contributed by atoms with van der Waals surface area (Å²) in [5, 5.41) is 5.76. The molecule has 6 heteroatoms. The summed E-state index contributed by atoms with van der Waals surface area (Å²) < 4.78 is 5.48. The first-order valence-electron chi connectivity index (χ1n) is 7.59. The zero-order chi connectivity index (χ0) is 18.1. The Balaban J connectivity index is 1.91. The van der Waals surface area contributed by atoms with Crippen molar-refractivity contribution in [3.63, 3.8) is 0 Å². The van der Waals surface area contributed by atoms with Crippen LogP contribution in [0.4, 0.5) is 5.69 Å². The average molecular weight is 357 g/mol. The third-order valence-electron chi connectivity index (χ3n) is 3.22. The molecule has 0 fully saturated rings. The Bertz CT molecular complexity index is 799. The smallest absolute Gasteiger partial charge is 0.254 e. The SMILES string of the molecule is C#CCNC(=O)c1ccccc1NC(=O)CCOc1ccccc1Cl. The van der Waals surface area contributed by atoms with E-state index in [1.54, 1.807) is 48.5 Å². The molecular weight excluding hydrogens is 340 g/mol. The van der Waals surface area contributed by atoms with Gasteiger partial charge < -0.3 is 15.4 Å². The van der Waals surface area contributed by atoms with Gasteiger partial charge in [0.1, 0.15) is 5.75 Å².